The Balaban J connectivity index is 1.55. The van der Waals surface area contributed by atoms with Gasteiger partial charge in [-0.1, -0.05) is 0 Å². The summed E-state index contributed by atoms with van der Waals surface area (Å²) in [5, 5.41) is 0. The molecule has 1 amide bonds. The highest BCUT2D eigenvalue weighted by Gasteiger charge is 2.31. The molecule has 0 spiro atoms. The van der Waals surface area contributed by atoms with Gasteiger partial charge in [0.05, 0.1) is 17.5 Å². The fraction of sp³-hybridized carbons (Fsp3) is 0.474. The number of fused-ring (bicyclic) bond motifs is 1. The third-order valence-electron chi connectivity index (χ3n) is 5.18. The molecule has 4 rings (SSSR count). The SMILES string of the molecule is Cc1nc(-c2ccco2)ccc1C(=O)N1CCCN2CCCC2C1. The molecule has 5 nitrogen and oxygen atoms in total. The normalized spacial score (nSPS) is 21.5. The molecule has 1 unspecified atom stereocenters. The lowest BCUT2D eigenvalue weighted by Crippen LogP contribution is -2.39. The molecule has 24 heavy (non-hydrogen) atoms. The fourth-order valence-corrected chi connectivity index (χ4v) is 3.91. The Morgan fingerprint density at radius 2 is 2.08 bits per heavy atom. The van der Waals surface area contributed by atoms with E-state index in [4.69, 9.17) is 4.42 Å². The van der Waals surface area contributed by atoms with E-state index in [-0.39, 0.29) is 5.91 Å². The number of nitrogens with zero attached hydrogens (tertiary/aromatic N) is 3. The van der Waals surface area contributed by atoms with E-state index in [1.54, 1.807) is 6.26 Å². The van der Waals surface area contributed by atoms with Crippen LogP contribution in [0.3, 0.4) is 0 Å². The highest BCUT2D eigenvalue weighted by Crippen LogP contribution is 2.24. The topological polar surface area (TPSA) is 49.6 Å². The molecule has 4 heterocycles. The van der Waals surface area contributed by atoms with Gasteiger partial charge in [0.25, 0.3) is 5.91 Å². The van der Waals surface area contributed by atoms with Crippen LogP contribution < -0.4 is 0 Å². The van der Waals surface area contributed by atoms with Gasteiger partial charge in [-0.2, -0.15) is 0 Å². The average Bonchev–Trinajstić information content (AvgIpc) is 3.23. The second-order valence-corrected chi connectivity index (χ2v) is 6.74. The first-order chi connectivity index (χ1) is 11.7. The zero-order valence-electron chi connectivity index (χ0n) is 14.1. The van der Waals surface area contributed by atoms with Crippen LogP contribution >= 0.6 is 0 Å². The van der Waals surface area contributed by atoms with Crippen LogP contribution in [-0.2, 0) is 0 Å². The monoisotopic (exact) mass is 325 g/mol. The molecule has 5 heteroatoms. The Labute approximate surface area is 142 Å². The summed E-state index contributed by atoms with van der Waals surface area (Å²) in [5.41, 5.74) is 2.24. The largest absolute Gasteiger partial charge is 0.463 e. The summed E-state index contributed by atoms with van der Waals surface area (Å²) >= 11 is 0. The van der Waals surface area contributed by atoms with Gasteiger partial charge in [-0.25, -0.2) is 4.98 Å². The van der Waals surface area contributed by atoms with Gasteiger partial charge in [-0.3, -0.25) is 9.69 Å². The van der Waals surface area contributed by atoms with E-state index in [1.807, 2.05) is 36.1 Å². The number of carbonyl (C=O) groups excluding carboxylic acids is 1. The van der Waals surface area contributed by atoms with Gasteiger partial charge in [-0.05, 0) is 57.0 Å². The van der Waals surface area contributed by atoms with Crippen molar-refractivity contribution in [1.82, 2.24) is 14.8 Å². The first kappa shape index (κ1) is 15.4. The molecule has 0 aromatic carbocycles. The molecule has 0 aliphatic carbocycles. The molecule has 0 radical (unpaired) electrons. The number of hydrogen-bond acceptors (Lipinski definition) is 4. The van der Waals surface area contributed by atoms with Crippen molar-refractivity contribution in [3.05, 3.63) is 41.8 Å². The molecule has 126 valence electrons. The molecule has 0 N–H and O–H groups in total. The first-order valence-corrected chi connectivity index (χ1v) is 8.77. The lowest BCUT2D eigenvalue weighted by molar-refractivity contribution is 0.0742. The van der Waals surface area contributed by atoms with E-state index in [9.17, 15) is 4.79 Å². The summed E-state index contributed by atoms with van der Waals surface area (Å²) in [4.78, 5) is 22.1. The molecule has 2 saturated heterocycles. The maximum Gasteiger partial charge on any atom is 0.255 e. The number of rotatable bonds is 2. The Kier molecular flexibility index (Phi) is 4.10. The third kappa shape index (κ3) is 2.84. The van der Waals surface area contributed by atoms with Crippen molar-refractivity contribution in [3.8, 4) is 11.5 Å². The van der Waals surface area contributed by atoms with Gasteiger partial charge in [0, 0.05) is 25.7 Å². The van der Waals surface area contributed by atoms with Crippen molar-refractivity contribution in [2.75, 3.05) is 26.2 Å². The number of aryl methyl sites for hydroxylation is 1. The molecular formula is C19H23N3O2. The van der Waals surface area contributed by atoms with Gasteiger partial charge < -0.3 is 9.32 Å². The summed E-state index contributed by atoms with van der Waals surface area (Å²) in [7, 11) is 0. The van der Waals surface area contributed by atoms with Crippen LogP contribution in [0.25, 0.3) is 11.5 Å². The van der Waals surface area contributed by atoms with Crippen LogP contribution in [0.1, 0.15) is 35.3 Å². The summed E-state index contributed by atoms with van der Waals surface area (Å²) in [6, 6.07) is 8.02. The Hall–Kier alpha value is -2.14. The summed E-state index contributed by atoms with van der Waals surface area (Å²) in [5.74, 6) is 0.841. The van der Waals surface area contributed by atoms with Gasteiger partial charge in [0.1, 0.15) is 5.69 Å². The number of furan rings is 1. The van der Waals surface area contributed by atoms with Crippen LogP contribution in [0, 0.1) is 6.92 Å². The Morgan fingerprint density at radius 1 is 1.21 bits per heavy atom. The van der Waals surface area contributed by atoms with Crippen molar-refractivity contribution < 1.29 is 9.21 Å². The first-order valence-electron chi connectivity index (χ1n) is 8.77. The summed E-state index contributed by atoms with van der Waals surface area (Å²) in [6.07, 6.45) is 5.15. The molecular weight excluding hydrogens is 302 g/mol. The standard InChI is InChI=1S/C19H23N3O2/c1-14-16(7-8-17(20-14)18-6-3-12-24-18)19(23)22-11-4-10-21-9-2-5-15(21)13-22/h3,6-8,12,15H,2,4-5,9-11,13H2,1H3. The maximum absolute atomic E-state index is 13.0. The minimum absolute atomic E-state index is 0.111. The maximum atomic E-state index is 13.0. The second kappa shape index (κ2) is 6.40. The smallest absolute Gasteiger partial charge is 0.255 e. The molecule has 0 bridgehead atoms. The molecule has 0 saturated carbocycles. The number of aromatic nitrogens is 1. The second-order valence-electron chi connectivity index (χ2n) is 6.74. The summed E-state index contributed by atoms with van der Waals surface area (Å²) < 4.78 is 5.39. The van der Waals surface area contributed by atoms with Crippen molar-refractivity contribution >= 4 is 5.91 Å². The van der Waals surface area contributed by atoms with E-state index in [0.717, 1.165) is 43.2 Å². The molecule has 2 aliphatic rings. The lowest BCUT2D eigenvalue weighted by Gasteiger charge is -2.26. The van der Waals surface area contributed by atoms with Crippen molar-refractivity contribution in [1.29, 1.82) is 0 Å². The van der Waals surface area contributed by atoms with Crippen LogP contribution in [0.15, 0.2) is 34.9 Å². The van der Waals surface area contributed by atoms with Gasteiger partial charge in [0.15, 0.2) is 5.76 Å². The minimum atomic E-state index is 0.111. The Bertz CT molecular complexity index is 726. The highest BCUT2D eigenvalue weighted by atomic mass is 16.3. The zero-order valence-corrected chi connectivity index (χ0v) is 14.1. The van der Waals surface area contributed by atoms with E-state index in [1.165, 1.54) is 19.4 Å². The van der Waals surface area contributed by atoms with E-state index < -0.39 is 0 Å². The highest BCUT2D eigenvalue weighted by molar-refractivity contribution is 5.95. The number of carbonyl (C=O) groups is 1. The van der Waals surface area contributed by atoms with E-state index in [0.29, 0.717) is 11.6 Å². The van der Waals surface area contributed by atoms with Crippen molar-refractivity contribution in [2.24, 2.45) is 0 Å². The van der Waals surface area contributed by atoms with Crippen LogP contribution in [0.2, 0.25) is 0 Å². The number of pyridine rings is 1. The van der Waals surface area contributed by atoms with Gasteiger partial charge >= 0.3 is 0 Å². The molecule has 2 aromatic rings. The Morgan fingerprint density at radius 3 is 2.88 bits per heavy atom. The third-order valence-corrected chi connectivity index (χ3v) is 5.18. The van der Waals surface area contributed by atoms with Crippen LogP contribution in [0.5, 0.6) is 0 Å². The van der Waals surface area contributed by atoms with E-state index in [2.05, 4.69) is 9.88 Å². The zero-order chi connectivity index (χ0) is 16.5. The van der Waals surface area contributed by atoms with Crippen molar-refractivity contribution in [3.63, 3.8) is 0 Å². The minimum Gasteiger partial charge on any atom is -0.463 e. The quantitative estimate of drug-likeness (QED) is 0.852. The van der Waals surface area contributed by atoms with E-state index >= 15 is 0 Å². The predicted octanol–water partition coefficient (Wildman–Crippen LogP) is 2.96. The number of amides is 1. The molecule has 2 aliphatic heterocycles. The average molecular weight is 325 g/mol. The van der Waals surface area contributed by atoms with Crippen LogP contribution in [0.4, 0.5) is 0 Å². The summed E-state index contributed by atoms with van der Waals surface area (Å²) in [6.45, 7) is 5.89. The lowest BCUT2D eigenvalue weighted by atomic mass is 10.1. The van der Waals surface area contributed by atoms with Gasteiger partial charge in [-0.15, -0.1) is 0 Å². The van der Waals surface area contributed by atoms with Crippen LogP contribution in [-0.4, -0.2) is 52.9 Å². The van der Waals surface area contributed by atoms with Gasteiger partial charge in [0.2, 0.25) is 0 Å². The number of hydrogen-bond donors (Lipinski definition) is 0. The fourth-order valence-electron chi connectivity index (χ4n) is 3.91. The molecule has 2 aromatic heterocycles. The predicted molar refractivity (Wildman–Crippen MR) is 91.8 cm³/mol. The molecule has 1 atom stereocenters. The molecule has 2 fully saturated rings. The van der Waals surface area contributed by atoms with Crippen molar-refractivity contribution in [2.45, 2.75) is 32.2 Å².